The van der Waals surface area contributed by atoms with Crippen LogP contribution in [0.4, 0.5) is 5.69 Å². The van der Waals surface area contributed by atoms with Gasteiger partial charge in [-0.2, -0.15) is 0 Å². The Bertz CT molecular complexity index is 641. The van der Waals surface area contributed by atoms with Crippen molar-refractivity contribution in [3.8, 4) is 11.5 Å². The van der Waals surface area contributed by atoms with Crippen molar-refractivity contribution >= 4 is 17.4 Å². The van der Waals surface area contributed by atoms with E-state index in [9.17, 15) is 0 Å². The van der Waals surface area contributed by atoms with Crippen LogP contribution in [0.25, 0.3) is 0 Å². The summed E-state index contributed by atoms with van der Waals surface area (Å²) in [5, 5.41) is 3.18. The zero-order chi connectivity index (χ0) is 16.1. The van der Waals surface area contributed by atoms with Gasteiger partial charge in [0, 0.05) is 29.7 Å². The fourth-order valence-corrected chi connectivity index (χ4v) is 2.93. The van der Waals surface area contributed by atoms with Crippen molar-refractivity contribution in [1.29, 1.82) is 0 Å². The smallest absolute Gasteiger partial charge is 0.132 e. The first-order chi connectivity index (χ1) is 10.5. The summed E-state index contributed by atoms with van der Waals surface area (Å²) in [5.41, 5.74) is 3.51. The van der Waals surface area contributed by atoms with Gasteiger partial charge in [0.25, 0.3) is 0 Å². The van der Waals surface area contributed by atoms with E-state index in [1.807, 2.05) is 25.2 Å². The van der Waals surface area contributed by atoms with Crippen molar-refractivity contribution in [2.75, 3.05) is 32.7 Å². The third-order valence-electron chi connectivity index (χ3n) is 3.43. The second-order valence-corrected chi connectivity index (χ2v) is 6.39. The molecule has 2 aromatic rings. The summed E-state index contributed by atoms with van der Waals surface area (Å²) in [5.74, 6) is 1.79. The lowest BCUT2D eigenvalue weighted by molar-refractivity contribution is 0.388. The zero-order valence-electron chi connectivity index (χ0n) is 13.9. The van der Waals surface area contributed by atoms with Crippen LogP contribution >= 0.6 is 11.8 Å². The van der Waals surface area contributed by atoms with Gasteiger partial charge in [-0.1, -0.05) is 0 Å². The number of nitrogens with zero attached hydrogens (tertiary/aromatic N) is 1. The predicted molar refractivity (Wildman–Crippen MR) is 96.4 cm³/mol. The van der Waals surface area contributed by atoms with Crippen LogP contribution in [0.15, 0.2) is 41.3 Å². The molecule has 0 radical (unpaired) electrons. The quantitative estimate of drug-likeness (QED) is 0.786. The summed E-state index contributed by atoms with van der Waals surface area (Å²) in [6, 6.07) is 12.4. The molecule has 4 heteroatoms. The largest absolute Gasteiger partial charge is 0.457 e. The van der Waals surface area contributed by atoms with E-state index in [-0.39, 0.29) is 0 Å². The minimum absolute atomic E-state index is 0.840. The van der Waals surface area contributed by atoms with Crippen LogP contribution in [-0.2, 0) is 6.54 Å². The van der Waals surface area contributed by atoms with E-state index in [4.69, 9.17) is 4.74 Å². The van der Waals surface area contributed by atoms with Gasteiger partial charge in [0.05, 0.1) is 0 Å². The van der Waals surface area contributed by atoms with Gasteiger partial charge in [0.2, 0.25) is 0 Å². The molecule has 0 atom stereocenters. The van der Waals surface area contributed by atoms with Crippen LogP contribution in [0, 0.1) is 6.92 Å². The normalized spacial score (nSPS) is 10.8. The van der Waals surface area contributed by atoms with Gasteiger partial charge >= 0.3 is 0 Å². The summed E-state index contributed by atoms with van der Waals surface area (Å²) in [6.07, 6.45) is 2.09. The highest BCUT2D eigenvalue weighted by Gasteiger charge is 2.08. The maximum Gasteiger partial charge on any atom is 0.132 e. The molecule has 0 bridgehead atoms. The van der Waals surface area contributed by atoms with Crippen LogP contribution in [-0.4, -0.2) is 32.3 Å². The van der Waals surface area contributed by atoms with Crippen LogP contribution < -0.4 is 10.1 Å². The number of hydrogen-bond acceptors (Lipinski definition) is 4. The van der Waals surface area contributed by atoms with Crippen LogP contribution in [0.5, 0.6) is 11.5 Å². The monoisotopic (exact) mass is 316 g/mol. The minimum Gasteiger partial charge on any atom is -0.457 e. The second-order valence-electron chi connectivity index (χ2n) is 5.54. The number of aryl methyl sites for hydroxylation is 1. The first kappa shape index (κ1) is 16.7. The van der Waals surface area contributed by atoms with Gasteiger partial charge in [-0.3, -0.25) is 0 Å². The lowest BCUT2D eigenvalue weighted by Crippen LogP contribution is -2.11. The standard InChI is InChI=1S/C18H24N2OS/c1-13-10-16(7-9-18(13)22-5)21-17-8-6-15(19-2)11-14(17)12-20(3)4/h6-11,19H,12H2,1-5H3. The number of benzene rings is 2. The lowest BCUT2D eigenvalue weighted by Gasteiger charge is -2.17. The molecule has 118 valence electrons. The van der Waals surface area contributed by atoms with E-state index in [2.05, 4.69) is 55.7 Å². The Hall–Kier alpha value is -1.65. The average Bonchev–Trinajstić information content (AvgIpc) is 2.48. The number of hydrogen-bond donors (Lipinski definition) is 1. The number of thioether (sulfide) groups is 1. The van der Waals surface area contributed by atoms with E-state index >= 15 is 0 Å². The van der Waals surface area contributed by atoms with Crippen LogP contribution in [0.1, 0.15) is 11.1 Å². The molecular weight excluding hydrogens is 292 g/mol. The van der Waals surface area contributed by atoms with E-state index in [0.29, 0.717) is 0 Å². The summed E-state index contributed by atoms with van der Waals surface area (Å²) in [6.45, 7) is 2.95. The summed E-state index contributed by atoms with van der Waals surface area (Å²) >= 11 is 1.76. The molecule has 3 nitrogen and oxygen atoms in total. The Balaban J connectivity index is 2.29. The third kappa shape index (κ3) is 4.18. The van der Waals surface area contributed by atoms with Crippen molar-refractivity contribution in [3.05, 3.63) is 47.5 Å². The predicted octanol–water partition coefficient (Wildman–Crippen LogP) is 4.61. The Morgan fingerprint density at radius 3 is 2.50 bits per heavy atom. The Morgan fingerprint density at radius 1 is 1.14 bits per heavy atom. The van der Waals surface area contributed by atoms with E-state index in [1.165, 1.54) is 16.0 Å². The highest BCUT2D eigenvalue weighted by molar-refractivity contribution is 7.98. The van der Waals surface area contributed by atoms with Gasteiger partial charge in [-0.25, -0.2) is 0 Å². The molecule has 0 saturated carbocycles. The van der Waals surface area contributed by atoms with E-state index in [1.54, 1.807) is 11.8 Å². The van der Waals surface area contributed by atoms with Gasteiger partial charge in [-0.15, -0.1) is 11.8 Å². The minimum atomic E-state index is 0.840. The molecular formula is C18H24N2OS. The number of rotatable bonds is 6. The first-order valence-corrected chi connectivity index (χ1v) is 8.54. The molecule has 0 amide bonds. The fourth-order valence-electron chi connectivity index (χ4n) is 2.34. The Kier molecular flexibility index (Phi) is 5.75. The molecule has 0 spiro atoms. The van der Waals surface area contributed by atoms with Gasteiger partial charge in [-0.05, 0) is 69.2 Å². The Labute approximate surface area is 137 Å². The zero-order valence-corrected chi connectivity index (χ0v) is 14.8. The summed E-state index contributed by atoms with van der Waals surface area (Å²) in [4.78, 5) is 3.43. The molecule has 0 aliphatic carbocycles. The van der Waals surface area contributed by atoms with E-state index < -0.39 is 0 Å². The molecule has 2 aromatic carbocycles. The third-order valence-corrected chi connectivity index (χ3v) is 4.33. The highest BCUT2D eigenvalue weighted by atomic mass is 32.2. The maximum atomic E-state index is 6.13. The maximum absolute atomic E-state index is 6.13. The molecule has 0 aliphatic rings. The van der Waals surface area contributed by atoms with Crippen molar-refractivity contribution in [2.24, 2.45) is 0 Å². The first-order valence-electron chi connectivity index (χ1n) is 7.31. The van der Waals surface area contributed by atoms with Crippen LogP contribution in [0.3, 0.4) is 0 Å². The number of ether oxygens (including phenoxy) is 1. The number of anilines is 1. The summed E-state index contributed by atoms with van der Waals surface area (Å²) < 4.78 is 6.13. The van der Waals surface area contributed by atoms with Crippen molar-refractivity contribution in [2.45, 2.75) is 18.4 Å². The van der Waals surface area contributed by atoms with Gasteiger partial charge in [0.1, 0.15) is 11.5 Å². The second kappa shape index (κ2) is 7.56. The van der Waals surface area contributed by atoms with Crippen molar-refractivity contribution in [1.82, 2.24) is 4.90 Å². The molecule has 0 heterocycles. The molecule has 22 heavy (non-hydrogen) atoms. The average molecular weight is 316 g/mol. The van der Waals surface area contributed by atoms with Crippen molar-refractivity contribution in [3.63, 3.8) is 0 Å². The van der Waals surface area contributed by atoms with Gasteiger partial charge < -0.3 is 15.0 Å². The van der Waals surface area contributed by atoms with Crippen molar-refractivity contribution < 1.29 is 4.74 Å². The molecule has 0 unspecified atom stereocenters. The van der Waals surface area contributed by atoms with E-state index in [0.717, 1.165) is 23.7 Å². The topological polar surface area (TPSA) is 24.5 Å². The SMILES string of the molecule is CNc1ccc(Oc2ccc(SC)c(C)c2)c(CN(C)C)c1. The molecule has 0 saturated heterocycles. The fraction of sp³-hybridized carbons (Fsp3) is 0.333. The molecule has 0 aromatic heterocycles. The molecule has 2 rings (SSSR count). The molecule has 1 N–H and O–H groups in total. The Morgan fingerprint density at radius 2 is 1.91 bits per heavy atom. The highest BCUT2D eigenvalue weighted by Crippen LogP contribution is 2.31. The van der Waals surface area contributed by atoms with Gasteiger partial charge in [0.15, 0.2) is 0 Å². The molecule has 0 fully saturated rings. The summed E-state index contributed by atoms with van der Waals surface area (Å²) in [7, 11) is 6.06. The van der Waals surface area contributed by atoms with Crippen LogP contribution in [0.2, 0.25) is 0 Å². The number of nitrogens with one attached hydrogen (secondary N) is 1. The lowest BCUT2D eigenvalue weighted by atomic mass is 10.1. The molecule has 0 aliphatic heterocycles.